The lowest BCUT2D eigenvalue weighted by Crippen LogP contribution is -2.26. The first-order valence-electron chi connectivity index (χ1n) is 7.30. The minimum Gasteiger partial charge on any atom is -0.308 e. The van der Waals surface area contributed by atoms with Crippen LogP contribution >= 0.6 is 11.3 Å². The van der Waals surface area contributed by atoms with E-state index in [9.17, 15) is 0 Å². The Morgan fingerprint density at radius 2 is 2.06 bits per heavy atom. The van der Waals surface area contributed by atoms with Crippen LogP contribution in [0.3, 0.4) is 0 Å². The Morgan fingerprint density at radius 3 is 2.61 bits per heavy atom. The summed E-state index contributed by atoms with van der Waals surface area (Å²) in [5.74, 6) is 1.30. The van der Waals surface area contributed by atoms with Gasteiger partial charge in [0.05, 0.1) is 11.7 Å². The number of rotatable bonds is 4. The van der Waals surface area contributed by atoms with Crippen LogP contribution in [0.25, 0.3) is 0 Å². The maximum absolute atomic E-state index is 4.95. The lowest BCUT2D eigenvalue weighted by molar-refractivity contribution is 0.410. The Morgan fingerprint density at radius 1 is 1.28 bits per heavy atom. The number of hydrogen-bond donors (Lipinski definition) is 1. The highest BCUT2D eigenvalue weighted by Crippen LogP contribution is 2.33. The van der Waals surface area contributed by atoms with Gasteiger partial charge in [0, 0.05) is 4.88 Å². The van der Waals surface area contributed by atoms with Crippen LogP contribution in [0, 0.1) is 5.92 Å². The fourth-order valence-electron chi connectivity index (χ4n) is 2.58. The molecule has 0 bridgehead atoms. The highest BCUT2D eigenvalue weighted by molar-refractivity contribution is 7.11. The normalized spacial score (nSPS) is 20.9. The summed E-state index contributed by atoms with van der Waals surface area (Å²) >= 11 is 1.94. The topological polar surface area (TPSA) is 24.9 Å². The summed E-state index contributed by atoms with van der Waals surface area (Å²) in [5.41, 5.74) is 1.35. The SMILES string of the molecule is CC(C)Cc1nc(C2CCCCN2)sc1C(C)C. The van der Waals surface area contributed by atoms with E-state index in [1.165, 1.54) is 34.8 Å². The Kier molecular flexibility index (Phi) is 4.79. The van der Waals surface area contributed by atoms with Gasteiger partial charge in [-0.2, -0.15) is 0 Å². The first-order valence-corrected chi connectivity index (χ1v) is 8.12. The predicted octanol–water partition coefficient (Wildman–Crippen LogP) is 4.28. The maximum atomic E-state index is 4.95. The van der Waals surface area contributed by atoms with Crippen molar-refractivity contribution in [1.82, 2.24) is 10.3 Å². The van der Waals surface area contributed by atoms with Gasteiger partial charge in [0.1, 0.15) is 5.01 Å². The van der Waals surface area contributed by atoms with Crippen molar-refractivity contribution in [3.63, 3.8) is 0 Å². The zero-order valence-corrected chi connectivity index (χ0v) is 12.9. The number of nitrogens with zero attached hydrogens (tertiary/aromatic N) is 1. The average Bonchev–Trinajstić information content (AvgIpc) is 2.73. The van der Waals surface area contributed by atoms with E-state index in [0.717, 1.165) is 13.0 Å². The molecule has 0 amide bonds. The van der Waals surface area contributed by atoms with E-state index in [2.05, 4.69) is 33.0 Å². The molecule has 102 valence electrons. The van der Waals surface area contributed by atoms with Gasteiger partial charge >= 0.3 is 0 Å². The number of aromatic nitrogens is 1. The summed E-state index contributed by atoms with van der Waals surface area (Å²) in [5, 5.41) is 4.94. The molecule has 1 aliphatic rings. The van der Waals surface area contributed by atoms with E-state index in [4.69, 9.17) is 4.98 Å². The molecule has 0 aromatic carbocycles. The van der Waals surface area contributed by atoms with Crippen LogP contribution in [-0.2, 0) is 6.42 Å². The van der Waals surface area contributed by atoms with Crippen LogP contribution in [0.1, 0.15) is 74.5 Å². The molecule has 2 nitrogen and oxygen atoms in total. The van der Waals surface area contributed by atoms with Crippen LogP contribution in [0.15, 0.2) is 0 Å². The van der Waals surface area contributed by atoms with Crippen LogP contribution in [0.5, 0.6) is 0 Å². The molecule has 1 atom stereocenters. The minimum absolute atomic E-state index is 0.516. The molecule has 1 saturated heterocycles. The maximum Gasteiger partial charge on any atom is 0.110 e. The van der Waals surface area contributed by atoms with Crippen molar-refractivity contribution < 1.29 is 0 Å². The first-order chi connectivity index (χ1) is 8.58. The van der Waals surface area contributed by atoms with Crippen molar-refractivity contribution in [3.8, 4) is 0 Å². The van der Waals surface area contributed by atoms with E-state index < -0.39 is 0 Å². The standard InChI is InChI=1S/C15H26N2S/c1-10(2)9-13-14(11(3)4)18-15(17-13)12-7-5-6-8-16-12/h10-12,16H,5-9H2,1-4H3. The number of hydrogen-bond acceptors (Lipinski definition) is 3. The summed E-state index contributed by atoms with van der Waals surface area (Å²) in [6.07, 6.45) is 5.04. The third-order valence-electron chi connectivity index (χ3n) is 3.48. The van der Waals surface area contributed by atoms with E-state index in [0.29, 0.717) is 17.9 Å². The summed E-state index contributed by atoms with van der Waals surface area (Å²) in [4.78, 5) is 6.46. The Labute approximate surface area is 115 Å². The summed E-state index contributed by atoms with van der Waals surface area (Å²) in [7, 11) is 0. The molecule has 0 radical (unpaired) electrons. The van der Waals surface area contributed by atoms with Gasteiger partial charge in [-0.25, -0.2) is 4.98 Å². The average molecular weight is 266 g/mol. The second-order valence-electron chi connectivity index (χ2n) is 6.12. The second kappa shape index (κ2) is 6.16. The molecule has 2 heterocycles. The lowest BCUT2D eigenvalue weighted by Gasteiger charge is -2.21. The summed E-state index contributed by atoms with van der Waals surface area (Å²) < 4.78 is 0. The van der Waals surface area contributed by atoms with Crippen molar-refractivity contribution in [2.45, 2.75) is 65.3 Å². The van der Waals surface area contributed by atoms with Gasteiger partial charge in [0.15, 0.2) is 0 Å². The molecule has 1 aromatic rings. The van der Waals surface area contributed by atoms with Crippen molar-refractivity contribution in [2.24, 2.45) is 5.92 Å². The van der Waals surface area contributed by atoms with E-state index in [-0.39, 0.29) is 0 Å². The highest BCUT2D eigenvalue weighted by atomic mass is 32.1. The Bertz CT molecular complexity index is 376. The van der Waals surface area contributed by atoms with Gasteiger partial charge in [-0.3, -0.25) is 0 Å². The van der Waals surface area contributed by atoms with E-state index >= 15 is 0 Å². The quantitative estimate of drug-likeness (QED) is 0.880. The molecule has 1 unspecified atom stereocenters. The Hall–Kier alpha value is -0.410. The zero-order chi connectivity index (χ0) is 13.1. The predicted molar refractivity (Wildman–Crippen MR) is 79.3 cm³/mol. The molecule has 1 N–H and O–H groups in total. The molecule has 2 rings (SSSR count). The fraction of sp³-hybridized carbons (Fsp3) is 0.800. The third kappa shape index (κ3) is 3.33. The number of piperidine rings is 1. The van der Waals surface area contributed by atoms with E-state index in [1.807, 2.05) is 11.3 Å². The summed E-state index contributed by atoms with van der Waals surface area (Å²) in [6, 6.07) is 0.516. The van der Waals surface area contributed by atoms with Gasteiger partial charge in [-0.05, 0) is 37.6 Å². The van der Waals surface area contributed by atoms with Crippen LogP contribution in [0.2, 0.25) is 0 Å². The molecular weight excluding hydrogens is 240 g/mol. The fourth-order valence-corrected chi connectivity index (χ4v) is 3.79. The van der Waals surface area contributed by atoms with Crippen molar-refractivity contribution in [1.29, 1.82) is 0 Å². The van der Waals surface area contributed by atoms with Crippen LogP contribution in [0.4, 0.5) is 0 Å². The molecule has 1 fully saturated rings. The smallest absolute Gasteiger partial charge is 0.110 e. The molecular formula is C15H26N2S. The van der Waals surface area contributed by atoms with Crippen LogP contribution < -0.4 is 5.32 Å². The molecule has 18 heavy (non-hydrogen) atoms. The third-order valence-corrected chi connectivity index (χ3v) is 4.99. The van der Waals surface area contributed by atoms with Crippen molar-refractivity contribution in [3.05, 3.63) is 15.6 Å². The molecule has 1 aromatic heterocycles. The number of thiazole rings is 1. The number of nitrogens with one attached hydrogen (secondary N) is 1. The van der Waals surface area contributed by atoms with Crippen molar-refractivity contribution >= 4 is 11.3 Å². The molecule has 1 aliphatic heterocycles. The largest absolute Gasteiger partial charge is 0.308 e. The van der Waals surface area contributed by atoms with Gasteiger partial charge in [-0.1, -0.05) is 34.1 Å². The van der Waals surface area contributed by atoms with E-state index in [1.54, 1.807) is 0 Å². The minimum atomic E-state index is 0.516. The first kappa shape index (κ1) is 14.0. The second-order valence-corrected chi connectivity index (χ2v) is 7.18. The molecule has 0 saturated carbocycles. The Balaban J connectivity index is 2.20. The highest BCUT2D eigenvalue weighted by Gasteiger charge is 2.22. The van der Waals surface area contributed by atoms with Gasteiger partial charge in [-0.15, -0.1) is 11.3 Å². The van der Waals surface area contributed by atoms with Gasteiger partial charge in [0.2, 0.25) is 0 Å². The van der Waals surface area contributed by atoms with Gasteiger partial charge < -0.3 is 5.32 Å². The zero-order valence-electron chi connectivity index (χ0n) is 12.1. The van der Waals surface area contributed by atoms with Crippen molar-refractivity contribution in [2.75, 3.05) is 6.54 Å². The molecule has 0 spiro atoms. The monoisotopic (exact) mass is 266 g/mol. The molecule has 0 aliphatic carbocycles. The summed E-state index contributed by atoms with van der Waals surface area (Å²) in [6.45, 7) is 10.3. The molecule has 3 heteroatoms. The lowest BCUT2D eigenvalue weighted by atomic mass is 10.0. The van der Waals surface area contributed by atoms with Gasteiger partial charge in [0.25, 0.3) is 0 Å². The van der Waals surface area contributed by atoms with Crippen LogP contribution in [-0.4, -0.2) is 11.5 Å².